The van der Waals surface area contributed by atoms with Gasteiger partial charge in [-0.3, -0.25) is 14.5 Å². The van der Waals surface area contributed by atoms with E-state index in [1.54, 1.807) is 30.3 Å². The largest absolute Gasteiger partial charge is 0.495 e. The molecule has 0 bridgehead atoms. The third-order valence-electron chi connectivity index (χ3n) is 3.89. The Morgan fingerprint density at radius 2 is 1.89 bits per heavy atom. The molecule has 0 aromatic heterocycles. The van der Waals surface area contributed by atoms with Gasteiger partial charge in [-0.05, 0) is 37.6 Å². The molecule has 6 nitrogen and oxygen atoms in total. The van der Waals surface area contributed by atoms with Crippen molar-refractivity contribution in [1.82, 2.24) is 0 Å². The van der Waals surface area contributed by atoms with Gasteiger partial charge in [-0.1, -0.05) is 23.7 Å². The van der Waals surface area contributed by atoms with Gasteiger partial charge in [0.05, 0.1) is 25.1 Å². The Balaban J connectivity index is 2.26. The van der Waals surface area contributed by atoms with E-state index < -0.39 is 0 Å². The third-order valence-corrected chi connectivity index (χ3v) is 4.30. The Labute approximate surface area is 164 Å². The van der Waals surface area contributed by atoms with Gasteiger partial charge in [0.25, 0.3) is 0 Å². The first-order valence-electron chi connectivity index (χ1n) is 8.51. The van der Waals surface area contributed by atoms with Gasteiger partial charge in [0, 0.05) is 18.0 Å². The summed E-state index contributed by atoms with van der Waals surface area (Å²) in [5.74, 6) is 0.348. The van der Waals surface area contributed by atoms with Crippen LogP contribution < -0.4 is 19.7 Å². The van der Waals surface area contributed by atoms with Gasteiger partial charge >= 0.3 is 0 Å². The number of carbonyl (C=O) groups excluding carboxylic acids is 2. The van der Waals surface area contributed by atoms with Gasteiger partial charge in [0.2, 0.25) is 11.8 Å². The lowest BCUT2D eigenvalue weighted by molar-refractivity contribution is -0.120. The van der Waals surface area contributed by atoms with E-state index in [9.17, 15) is 9.59 Å². The minimum Gasteiger partial charge on any atom is -0.495 e. The van der Waals surface area contributed by atoms with E-state index in [2.05, 4.69) is 5.32 Å². The van der Waals surface area contributed by atoms with Crippen LogP contribution >= 0.6 is 11.6 Å². The van der Waals surface area contributed by atoms with Crippen LogP contribution in [0.4, 0.5) is 11.4 Å². The number of amides is 2. The number of ether oxygens (including phenoxy) is 2. The second-order valence-corrected chi connectivity index (χ2v) is 6.26. The maximum Gasteiger partial charge on any atom is 0.244 e. The molecule has 2 amide bonds. The van der Waals surface area contributed by atoms with E-state index >= 15 is 0 Å². The zero-order valence-corrected chi connectivity index (χ0v) is 16.6. The molecule has 2 rings (SSSR count). The van der Waals surface area contributed by atoms with Crippen molar-refractivity contribution in [3.63, 3.8) is 0 Å². The van der Waals surface area contributed by atoms with Crippen LogP contribution in [0.15, 0.2) is 36.4 Å². The molecule has 0 unspecified atom stereocenters. The number of rotatable bonds is 7. The lowest BCUT2D eigenvalue weighted by Crippen LogP contribution is -2.37. The van der Waals surface area contributed by atoms with Crippen molar-refractivity contribution in [2.24, 2.45) is 0 Å². The van der Waals surface area contributed by atoms with Crippen molar-refractivity contribution in [2.75, 3.05) is 30.5 Å². The highest BCUT2D eigenvalue weighted by Crippen LogP contribution is 2.34. The molecule has 1 N–H and O–H groups in total. The average Bonchev–Trinajstić information content (AvgIpc) is 2.63. The number of nitrogens with one attached hydrogen (secondary N) is 1. The SMILES string of the molecule is CCOc1ccccc1NC(=O)CN(C(C)=O)c1cc(C)c(Cl)cc1OC. The van der Waals surface area contributed by atoms with Crippen LogP contribution in [-0.4, -0.2) is 32.1 Å². The zero-order chi connectivity index (χ0) is 20.0. The first kappa shape index (κ1) is 20.6. The number of carbonyl (C=O) groups is 2. The summed E-state index contributed by atoms with van der Waals surface area (Å²) in [7, 11) is 1.49. The smallest absolute Gasteiger partial charge is 0.244 e. The van der Waals surface area contributed by atoms with Crippen molar-refractivity contribution in [3.8, 4) is 11.5 Å². The van der Waals surface area contributed by atoms with E-state index in [0.717, 1.165) is 5.56 Å². The standard InChI is InChI=1S/C20H23ClN2O4/c1-5-27-18-9-7-6-8-16(18)22-20(25)12-23(14(3)24)17-10-13(2)15(21)11-19(17)26-4/h6-11H,5,12H2,1-4H3,(H,22,25). The maximum absolute atomic E-state index is 12.6. The number of methoxy groups -OCH3 is 1. The molecule has 0 spiro atoms. The van der Waals surface area contributed by atoms with Gasteiger partial charge in [-0.15, -0.1) is 0 Å². The molecule has 0 heterocycles. The van der Waals surface area contributed by atoms with Crippen molar-refractivity contribution in [1.29, 1.82) is 0 Å². The lowest BCUT2D eigenvalue weighted by atomic mass is 10.1. The fourth-order valence-electron chi connectivity index (χ4n) is 2.57. The number of benzene rings is 2. The Hall–Kier alpha value is -2.73. The molecule has 0 fully saturated rings. The van der Waals surface area contributed by atoms with Crippen molar-refractivity contribution in [2.45, 2.75) is 20.8 Å². The maximum atomic E-state index is 12.6. The number of hydrogen-bond donors (Lipinski definition) is 1. The molecule has 0 radical (unpaired) electrons. The van der Waals surface area contributed by atoms with Gasteiger partial charge in [-0.25, -0.2) is 0 Å². The second kappa shape index (κ2) is 9.28. The van der Waals surface area contributed by atoms with Crippen LogP contribution in [0.25, 0.3) is 0 Å². The quantitative estimate of drug-likeness (QED) is 0.774. The van der Waals surface area contributed by atoms with Gasteiger partial charge in [-0.2, -0.15) is 0 Å². The highest BCUT2D eigenvalue weighted by Gasteiger charge is 2.21. The minimum atomic E-state index is -0.355. The molecule has 0 aliphatic heterocycles. The Bertz CT molecular complexity index is 839. The van der Waals surface area contributed by atoms with Crippen LogP contribution in [0, 0.1) is 6.92 Å². The number of anilines is 2. The summed E-state index contributed by atoms with van der Waals surface area (Å²) in [6.07, 6.45) is 0. The first-order chi connectivity index (χ1) is 12.9. The van der Waals surface area contributed by atoms with Gasteiger partial charge < -0.3 is 14.8 Å². The predicted octanol–water partition coefficient (Wildman–Crippen LogP) is 4.05. The van der Waals surface area contributed by atoms with E-state index in [-0.39, 0.29) is 18.4 Å². The summed E-state index contributed by atoms with van der Waals surface area (Å²) in [6, 6.07) is 10.5. The van der Waals surface area contributed by atoms with Crippen LogP contribution in [0.2, 0.25) is 5.02 Å². The topological polar surface area (TPSA) is 67.9 Å². The molecular formula is C20H23ClN2O4. The number of hydrogen-bond acceptors (Lipinski definition) is 4. The molecule has 0 aliphatic carbocycles. The summed E-state index contributed by atoms with van der Waals surface area (Å²) in [5, 5.41) is 3.31. The number of para-hydroxylation sites is 2. The van der Waals surface area contributed by atoms with E-state index in [1.807, 2.05) is 19.9 Å². The highest BCUT2D eigenvalue weighted by molar-refractivity contribution is 6.31. The lowest BCUT2D eigenvalue weighted by Gasteiger charge is -2.24. The first-order valence-corrected chi connectivity index (χ1v) is 8.89. The number of halogens is 1. The fourth-order valence-corrected chi connectivity index (χ4v) is 2.73. The van der Waals surface area contributed by atoms with Crippen LogP contribution in [0.5, 0.6) is 11.5 Å². The highest BCUT2D eigenvalue weighted by atomic mass is 35.5. The third kappa shape index (κ3) is 5.14. The summed E-state index contributed by atoms with van der Waals surface area (Å²) in [4.78, 5) is 26.1. The Morgan fingerprint density at radius 1 is 1.19 bits per heavy atom. The molecule has 0 atom stereocenters. The van der Waals surface area contributed by atoms with Crippen LogP contribution in [0.1, 0.15) is 19.4 Å². The molecular weight excluding hydrogens is 368 g/mol. The average molecular weight is 391 g/mol. The van der Waals surface area contributed by atoms with E-state index in [4.69, 9.17) is 21.1 Å². The van der Waals surface area contributed by atoms with Crippen LogP contribution in [-0.2, 0) is 9.59 Å². The van der Waals surface area contributed by atoms with Crippen molar-refractivity contribution >= 4 is 34.8 Å². The number of nitrogens with zero attached hydrogens (tertiary/aromatic N) is 1. The molecule has 2 aromatic carbocycles. The van der Waals surface area contributed by atoms with E-state index in [1.165, 1.54) is 18.9 Å². The molecule has 27 heavy (non-hydrogen) atoms. The summed E-state index contributed by atoms with van der Waals surface area (Å²) in [6.45, 7) is 5.39. The summed E-state index contributed by atoms with van der Waals surface area (Å²) in [5.41, 5.74) is 1.81. The monoisotopic (exact) mass is 390 g/mol. The zero-order valence-electron chi connectivity index (χ0n) is 15.8. The molecule has 2 aromatic rings. The van der Waals surface area contributed by atoms with Gasteiger partial charge in [0.15, 0.2) is 0 Å². The number of aryl methyl sites for hydroxylation is 1. The van der Waals surface area contributed by atoms with Crippen molar-refractivity contribution < 1.29 is 19.1 Å². The predicted molar refractivity (Wildman–Crippen MR) is 107 cm³/mol. The van der Waals surface area contributed by atoms with E-state index in [0.29, 0.717) is 34.5 Å². The van der Waals surface area contributed by atoms with Crippen molar-refractivity contribution in [3.05, 3.63) is 47.0 Å². The summed E-state index contributed by atoms with van der Waals surface area (Å²) < 4.78 is 10.8. The normalized spacial score (nSPS) is 10.3. The summed E-state index contributed by atoms with van der Waals surface area (Å²) >= 11 is 6.13. The Kier molecular flexibility index (Phi) is 7.07. The van der Waals surface area contributed by atoms with Crippen LogP contribution in [0.3, 0.4) is 0 Å². The Morgan fingerprint density at radius 3 is 2.52 bits per heavy atom. The molecule has 7 heteroatoms. The molecule has 0 aliphatic rings. The minimum absolute atomic E-state index is 0.173. The molecule has 0 saturated carbocycles. The van der Waals surface area contributed by atoms with Gasteiger partial charge in [0.1, 0.15) is 18.0 Å². The molecule has 0 saturated heterocycles. The molecule has 144 valence electrons. The second-order valence-electron chi connectivity index (χ2n) is 5.86. The fraction of sp³-hybridized carbons (Fsp3) is 0.300.